The Morgan fingerprint density at radius 2 is 2.33 bits per heavy atom. The van der Waals surface area contributed by atoms with E-state index in [1.165, 1.54) is 6.07 Å². The molecule has 1 aromatic carbocycles. The lowest BCUT2D eigenvalue weighted by atomic mass is 10.0. The molecule has 0 aromatic heterocycles. The van der Waals surface area contributed by atoms with Crippen LogP contribution in [0.5, 0.6) is 0 Å². The Labute approximate surface area is 108 Å². The fourth-order valence-electron chi connectivity index (χ4n) is 2.54. The molecule has 2 rings (SSSR count). The number of aryl methyl sites for hydroxylation is 1. The van der Waals surface area contributed by atoms with Crippen LogP contribution in [-0.2, 0) is 4.74 Å². The summed E-state index contributed by atoms with van der Waals surface area (Å²) in [4.78, 5) is 2.34. The number of hydrogen-bond acceptors (Lipinski definition) is 3. The van der Waals surface area contributed by atoms with Gasteiger partial charge in [-0.3, -0.25) is 4.90 Å². The molecule has 0 bridgehead atoms. The van der Waals surface area contributed by atoms with Crippen LogP contribution in [0.4, 0.5) is 4.39 Å². The Kier molecular flexibility index (Phi) is 4.32. The van der Waals surface area contributed by atoms with Crippen molar-refractivity contribution < 1.29 is 9.13 Å². The quantitative estimate of drug-likeness (QED) is 0.892. The van der Waals surface area contributed by atoms with Gasteiger partial charge in [-0.25, -0.2) is 4.39 Å². The van der Waals surface area contributed by atoms with E-state index < -0.39 is 0 Å². The van der Waals surface area contributed by atoms with Crippen LogP contribution in [0.15, 0.2) is 18.2 Å². The lowest BCUT2D eigenvalue weighted by Gasteiger charge is -2.39. The zero-order chi connectivity index (χ0) is 13.1. The van der Waals surface area contributed by atoms with Gasteiger partial charge < -0.3 is 10.5 Å². The van der Waals surface area contributed by atoms with Crippen LogP contribution in [0, 0.1) is 12.7 Å². The average Bonchev–Trinajstić information content (AvgIpc) is 2.37. The van der Waals surface area contributed by atoms with Crippen LogP contribution in [0.3, 0.4) is 0 Å². The van der Waals surface area contributed by atoms with Gasteiger partial charge in [0.25, 0.3) is 0 Å². The lowest BCUT2D eigenvalue weighted by Crippen LogP contribution is -2.47. The molecule has 3 nitrogen and oxygen atoms in total. The molecule has 0 aliphatic carbocycles. The summed E-state index contributed by atoms with van der Waals surface area (Å²) in [5.74, 6) is -0.162. The predicted octanol–water partition coefficient (Wildman–Crippen LogP) is 1.85. The van der Waals surface area contributed by atoms with Crippen molar-refractivity contribution in [1.29, 1.82) is 0 Å². The molecular weight excluding hydrogens is 231 g/mol. The Morgan fingerprint density at radius 3 is 2.94 bits per heavy atom. The zero-order valence-corrected chi connectivity index (χ0v) is 11.0. The number of hydrogen-bond donors (Lipinski definition) is 1. The standard InChI is InChI=1S/C14H21FN2O/c1-10-7-12(3-4-13(10)15)14(8-16)17-5-6-18-9-11(17)2/h3-4,7,11,14H,5-6,8-9,16H2,1-2H3. The summed E-state index contributed by atoms with van der Waals surface area (Å²) < 4.78 is 18.8. The van der Waals surface area contributed by atoms with Crippen molar-refractivity contribution in [3.05, 3.63) is 35.1 Å². The number of morpholine rings is 1. The molecule has 1 aliphatic heterocycles. The van der Waals surface area contributed by atoms with Crippen molar-refractivity contribution in [3.8, 4) is 0 Å². The number of nitrogens with two attached hydrogens (primary N) is 1. The first kappa shape index (κ1) is 13.5. The Balaban J connectivity index is 2.23. The van der Waals surface area contributed by atoms with Crippen LogP contribution in [0.1, 0.15) is 24.1 Å². The van der Waals surface area contributed by atoms with Crippen molar-refractivity contribution in [1.82, 2.24) is 4.90 Å². The van der Waals surface area contributed by atoms with Gasteiger partial charge in [0.15, 0.2) is 0 Å². The van der Waals surface area contributed by atoms with Crippen molar-refractivity contribution in [2.45, 2.75) is 25.9 Å². The molecule has 0 saturated carbocycles. The van der Waals surface area contributed by atoms with Crippen molar-refractivity contribution in [2.24, 2.45) is 5.73 Å². The van der Waals surface area contributed by atoms with Crippen LogP contribution in [-0.4, -0.2) is 37.2 Å². The molecule has 4 heteroatoms. The maximum Gasteiger partial charge on any atom is 0.126 e. The normalized spacial score (nSPS) is 23.0. The van der Waals surface area contributed by atoms with E-state index in [2.05, 4.69) is 11.8 Å². The second-order valence-electron chi connectivity index (χ2n) is 4.92. The number of halogens is 1. The molecule has 1 heterocycles. The summed E-state index contributed by atoms with van der Waals surface area (Å²) in [6.07, 6.45) is 0. The monoisotopic (exact) mass is 252 g/mol. The second-order valence-corrected chi connectivity index (χ2v) is 4.92. The van der Waals surface area contributed by atoms with Gasteiger partial charge in [-0.05, 0) is 31.0 Å². The summed E-state index contributed by atoms with van der Waals surface area (Å²) in [5.41, 5.74) is 7.67. The fraction of sp³-hybridized carbons (Fsp3) is 0.571. The summed E-state index contributed by atoms with van der Waals surface area (Å²) in [5, 5.41) is 0. The highest BCUT2D eigenvalue weighted by molar-refractivity contribution is 5.27. The molecule has 1 fully saturated rings. The topological polar surface area (TPSA) is 38.5 Å². The van der Waals surface area contributed by atoms with Gasteiger partial charge in [0.1, 0.15) is 5.82 Å². The Morgan fingerprint density at radius 1 is 1.56 bits per heavy atom. The molecule has 0 radical (unpaired) electrons. The number of rotatable bonds is 3. The third kappa shape index (κ3) is 2.71. The van der Waals surface area contributed by atoms with Gasteiger partial charge in [0, 0.05) is 25.2 Å². The van der Waals surface area contributed by atoms with Crippen LogP contribution in [0.2, 0.25) is 0 Å². The van der Waals surface area contributed by atoms with E-state index in [1.807, 2.05) is 12.1 Å². The van der Waals surface area contributed by atoms with E-state index >= 15 is 0 Å². The highest BCUT2D eigenvalue weighted by Gasteiger charge is 2.26. The van der Waals surface area contributed by atoms with E-state index in [9.17, 15) is 4.39 Å². The van der Waals surface area contributed by atoms with Crippen molar-refractivity contribution >= 4 is 0 Å². The predicted molar refractivity (Wildman–Crippen MR) is 69.9 cm³/mol. The minimum atomic E-state index is -0.162. The summed E-state index contributed by atoms with van der Waals surface area (Å²) >= 11 is 0. The first-order valence-corrected chi connectivity index (χ1v) is 6.43. The van der Waals surface area contributed by atoms with E-state index in [0.717, 1.165) is 25.3 Å². The second kappa shape index (κ2) is 5.78. The van der Waals surface area contributed by atoms with Crippen LogP contribution >= 0.6 is 0 Å². The molecule has 18 heavy (non-hydrogen) atoms. The summed E-state index contributed by atoms with van der Waals surface area (Å²) in [6.45, 7) is 6.81. The van der Waals surface area contributed by atoms with Gasteiger partial charge in [0.2, 0.25) is 0 Å². The highest BCUT2D eigenvalue weighted by Crippen LogP contribution is 2.25. The van der Waals surface area contributed by atoms with Crippen molar-refractivity contribution in [3.63, 3.8) is 0 Å². The summed E-state index contributed by atoms with van der Waals surface area (Å²) in [7, 11) is 0. The number of nitrogens with zero attached hydrogens (tertiary/aromatic N) is 1. The SMILES string of the molecule is Cc1cc(C(CN)N2CCOCC2C)ccc1F. The third-order valence-electron chi connectivity index (χ3n) is 3.61. The lowest BCUT2D eigenvalue weighted by molar-refractivity contribution is -0.0209. The Bertz CT molecular complexity index is 411. The smallest absolute Gasteiger partial charge is 0.126 e. The first-order valence-electron chi connectivity index (χ1n) is 6.43. The number of ether oxygens (including phenoxy) is 1. The molecule has 0 amide bonds. The summed E-state index contributed by atoms with van der Waals surface area (Å²) in [6, 6.07) is 5.75. The highest BCUT2D eigenvalue weighted by atomic mass is 19.1. The maximum absolute atomic E-state index is 13.3. The third-order valence-corrected chi connectivity index (χ3v) is 3.61. The molecule has 2 unspecified atom stereocenters. The average molecular weight is 252 g/mol. The van der Waals surface area contributed by atoms with E-state index in [4.69, 9.17) is 10.5 Å². The first-order chi connectivity index (χ1) is 8.63. The van der Waals surface area contributed by atoms with Crippen LogP contribution < -0.4 is 5.73 Å². The van der Waals surface area contributed by atoms with Gasteiger partial charge >= 0.3 is 0 Å². The molecule has 1 aliphatic rings. The maximum atomic E-state index is 13.3. The molecule has 2 N–H and O–H groups in total. The van der Waals surface area contributed by atoms with Crippen molar-refractivity contribution in [2.75, 3.05) is 26.3 Å². The molecular formula is C14H21FN2O. The minimum absolute atomic E-state index is 0.142. The molecule has 2 atom stereocenters. The van der Waals surface area contributed by atoms with Gasteiger partial charge in [-0.1, -0.05) is 12.1 Å². The van der Waals surface area contributed by atoms with E-state index in [0.29, 0.717) is 18.2 Å². The molecule has 100 valence electrons. The minimum Gasteiger partial charge on any atom is -0.379 e. The van der Waals surface area contributed by atoms with E-state index in [1.54, 1.807) is 6.92 Å². The van der Waals surface area contributed by atoms with Crippen LogP contribution in [0.25, 0.3) is 0 Å². The molecule has 0 spiro atoms. The molecule has 1 aromatic rings. The zero-order valence-electron chi connectivity index (χ0n) is 11.0. The molecule has 1 saturated heterocycles. The Hall–Kier alpha value is -0.970. The van der Waals surface area contributed by atoms with Gasteiger partial charge in [0.05, 0.1) is 13.2 Å². The number of benzene rings is 1. The largest absolute Gasteiger partial charge is 0.379 e. The van der Waals surface area contributed by atoms with Gasteiger partial charge in [-0.15, -0.1) is 0 Å². The van der Waals surface area contributed by atoms with Gasteiger partial charge in [-0.2, -0.15) is 0 Å². The fourth-order valence-corrected chi connectivity index (χ4v) is 2.54. The van der Waals surface area contributed by atoms with E-state index in [-0.39, 0.29) is 11.9 Å².